The van der Waals surface area contributed by atoms with Crippen molar-refractivity contribution in [3.63, 3.8) is 0 Å². The molecule has 8 nitrogen and oxygen atoms in total. The second kappa shape index (κ2) is 39.4. The molecule has 0 aliphatic heterocycles. The van der Waals surface area contributed by atoms with Crippen LogP contribution >= 0.6 is 0 Å². The zero-order chi connectivity index (χ0) is 41.4. The number of hydrogen-bond acceptors (Lipinski definition) is 6. The van der Waals surface area contributed by atoms with Gasteiger partial charge < -0.3 is 23.8 Å². The van der Waals surface area contributed by atoms with E-state index in [0.717, 1.165) is 64.2 Å². The highest BCUT2D eigenvalue weighted by molar-refractivity contribution is 5.72. The Kier molecular flexibility index (Phi) is 37.7. The lowest BCUT2D eigenvalue weighted by molar-refractivity contribution is -0.887. The predicted molar refractivity (Wildman–Crippen MR) is 234 cm³/mol. The van der Waals surface area contributed by atoms with Crippen LogP contribution in [0.15, 0.2) is 36.5 Å². The number of carboxylic acid groups (broad SMARTS) is 1. The van der Waals surface area contributed by atoms with E-state index in [-0.39, 0.29) is 36.2 Å². The van der Waals surface area contributed by atoms with Crippen LogP contribution in [0.5, 0.6) is 0 Å². The molecule has 2 atom stereocenters. The summed E-state index contributed by atoms with van der Waals surface area (Å²) in [5.41, 5.74) is 0. The fourth-order valence-electron chi connectivity index (χ4n) is 6.70. The lowest BCUT2D eigenvalue weighted by atomic mass is 10.0. The van der Waals surface area contributed by atoms with Gasteiger partial charge in [0.2, 0.25) is 0 Å². The van der Waals surface area contributed by atoms with Gasteiger partial charge in [-0.25, -0.2) is 4.79 Å². The number of likely N-dealkylation sites (N-methyl/N-ethyl adjacent to an activating group) is 1. The summed E-state index contributed by atoms with van der Waals surface area (Å²) in [4.78, 5) is 37.0. The van der Waals surface area contributed by atoms with Crippen LogP contribution in [-0.2, 0) is 28.6 Å². The van der Waals surface area contributed by atoms with E-state index in [9.17, 15) is 19.5 Å². The molecule has 0 spiro atoms. The van der Waals surface area contributed by atoms with Gasteiger partial charge in [0.25, 0.3) is 0 Å². The Labute approximate surface area is 344 Å². The van der Waals surface area contributed by atoms with Crippen LogP contribution in [0.1, 0.15) is 200 Å². The van der Waals surface area contributed by atoms with Crippen molar-refractivity contribution in [2.45, 2.75) is 212 Å². The molecule has 0 saturated carbocycles. The molecule has 0 aromatic heterocycles. The lowest BCUT2D eigenvalue weighted by Gasteiger charge is -2.31. The Morgan fingerprint density at radius 1 is 0.554 bits per heavy atom. The van der Waals surface area contributed by atoms with Crippen molar-refractivity contribution in [1.82, 2.24) is 0 Å². The van der Waals surface area contributed by atoms with Crippen molar-refractivity contribution in [3.05, 3.63) is 36.5 Å². The molecule has 0 saturated heterocycles. The molecular formula is C48H88NO7+. The minimum atomic E-state index is -0.876. The molecule has 2 unspecified atom stereocenters. The second-order valence-corrected chi connectivity index (χ2v) is 16.6. The molecule has 0 radical (unpaired) electrons. The smallest absolute Gasteiger partial charge is 0.362 e. The van der Waals surface area contributed by atoms with Crippen molar-refractivity contribution in [2.24, 2.45) is 0 Å². The first-order valence-electron chi connectivity index (χ1n) is 23.0. The maximum atomic E-state index is 12.7. The number of nitrogens with zero attached hydrogens (tertiary/aromatic N) is 1. The van der Waals surface area contributed by atoms with Gasteiger partial charge in [-0.3, -0.25) is 9.59 Å². The number of carboxylic acids is 1. The molecule has 8 heteroatoms. The summed E-state index contributed by atoms with van der Waals surface area (Å²) in [7, 11) is 5.52. The number of ether oxygens (including phenoxy) is 3. The number of rotatable bonds is 41. The number of allylic oxidation sites excluding steroid dienone is 6. The Bertz CT molecular complexity index is 1020. The number of unbranched alkanes of at least 4 members (excludes halogenated alkanes) is 21. The molecule has 326 valence electrons. The van der Waals surface area contributed by atoms with Crippen molar-refractivity contribution in [3.8, 4) is 0 Å². The summed E-state index contributed by atoms with van der Waals surface area (Å²) < 4.78 is 17.3. The first kappa shape index (κ1) is 53.6. The third-order valence-electron chi connectivity index (χ3n) is 10.3. The van der Waals surface area contributed by atoms with Gasteiger partial charge in [0.05, 0.1) is 34.4 Å². The van der Waals surface area contributed by atoms with Crippen LogP contribution in [0.2, 0.25) is 0 Å². The van der Waals surface area contributed by atoms with Gasteiger partial charge in [0.1, 0.15) is 6.61 Å². The lowest BCUT2D eigenvalue weighted by Crippen LogP contribution is -2.50. The zero-order valence-corrected chi connectivity index (χ0v) is 37.1. The Morgan fingerprint density at radius 2 is 1.00 bits per heavy atom. The first-order chi connectivity index (χ1) is 27.1. The predicted octanol–water partition coefficient (Wildman–Crippen LogP) is 12.6. The molecule has 0 heterocycles. The SMILES string of the molecule is CC/C=C/C/C=C/CCCCCCCCCCCCCCCCC(=O)OCC(COCCC(C(=O)O)[N+](C)(C)C)OC(=O)CCCCCCC/C=C/CCCC. The molecule has 0 rings (SSSR count). The van der Waals surface area contributed by atoms with E-state index in [1.807, 2.05) is 21.1 Å². The highest BCUT2D eigenvalue weighted by Gasteiger charge is 2.31. The van der Waals surface area contributed by atoms with Crippen LogP contribution in [-0.4, -0.2) is 80.6 Å². The minimum absolute atomic E-state index is 0.0525. The molecule has 56 heavy (non-hydrogen) atoms. The van der Waals surface area contributed by atoms with Gasteiger partial charge in [0.15, 0.2) is 12.1 Å². The van der Waals surface area contributed by atoms with Gasteiger partial charge in [0, 0.05) is 19.3 Å². The van der Waals surface area contributed by atoms with Crippen LogP contribution < -0.4 is 0 Å². The highest BCUT2D eigenvalue weighted by atomic mass is 16.6. The third-order valence-corrected chi connectivity index (χ3v) is 10.3. The topological polar surface area (TPSA) is 99.1 Å². The monoisotopic (exact) mass is 791 g/mol. The standard InChI is InChI=1S/C48H87NO7/c1-6-8-10-12-14-16-18-19-20-21-22-23-24-25-26-27-29-30-32-34-36-38-46(50)55-43-44(42-54-41-40-45(48(52)53)49(3,4)5)56-47(51)39-37-35-33-31-28-17-15-13-11-9-7-2/h8,10,13-16,44-45H,6-7,9,11-12,17-43H2,1-5H3/p+1/b10-8+,15-13+,16-14+. The largest absolute Gasteiger partial charge is 0.477 e. The fraction of sp³-hybridized carbons (Fsp3) is 0.812. The van der Waals surface area contributed by atoms with E-state index in [2.05, 4.69) is 50.3 Å². The maximum absolute atomic E-state index is 12.7. The molecule has 0 amide bonds. The molecule has 1 N–H and O–H groups in total. The number of quaternary nitrogens is 1. The molecule has 0 aromatic carbocycles. The van der Waals surface area contributed by atoms with Gasteiger partial charge >= 0.3 is 17.9 Å². The number of carbonyl (C=O) groups is 3. The molecule has 0 bridgehead atoms. The average molecular weight is 791 g/mol. The van der Waals surface area contributed by atoms with E-state index >= 15 is 0 Å². The fourth-order valence-corrected chi connectivity index (χ4v) is 6.70. The summed E-state index contributed by atoms with van der Waals surface area (Å²) in [5, 5.41) is 9.61. The van der Waals surface area contributed by atoms with E-state index in [4.69, 9.17) is 14.2 Å². The zero-order valence-electron chi connectivity index (χ0n) is 37.1. The van der Waals surface area contributed by atoms with Crippen molar-refractivity contribution < 1.29 is 38.2 Å². The van der Waals surface area contributed by atoms with Gasteiger partial charge in [-0.1, -0.05) is 159 Å². The Morgan fingerprint density at radius 3 is 1.48 bits per heavy atom. The highest BCUT2D eigenvalue weighted by Crippen LogP contribution is 2.15. The van der Waals surface area contributed by atoms with E-state index < -0.39 is 18.1 Å². The van der Waals surface area contributed by atoms with E-state index in [1.54, 1.807) is 0 Å². The van der Waals surface area contributed by atoms with Crippen LogP contribution in [0.25, 0.3) is 0 Å². The van der Waals surface area contributed by atoms with Crippen LogP contribution in [0.3, 0.4) is 0 Å². The van der Waals surface area contributed by atoms with E-state index in [1.165, 1.54) is 103 Å². The van der Waals surface area contributed by atoms with Gasteiger partial charge in [-0.05, 0) is 57.8 Å². The summed E-state index contributed by atoms with van der Waals surface area (Å²) >= 11 is 0. The van der Waals surface area contributed by atoms with Crippen molar-refractivity contribution in [1.29, 1.82) is 0 Å². The molecule has 0 aliphatic carbocycles. The Balaban J connectivity index is 4.20. The normalized spacial score (nSPS) is 13.2. The van der Waals surface area contributed by atoms with Crippen molar-refractivity contribution in [2.75, 3.05) is 41.0 Å². The molecular weight excluding hydrogens is 703 g/mol. The van der Waals surface area contributed by atoms with Crippen LogP contribution in [0, 0.1) is 0 Å². The number of aliphatic carboxylic acids is 1. The summed E-state index contributed by atoms with van der Waals surface area (Å²) in [5.74, 6) is -1.47. The molecule has 0 aromatic rings. The minimum Gasteiger partial charge on any atom is -0.477 e. The third kappa shape index (κ3) is 37.1. The van der Waals surface area contributed by atoms with Crippen LogP contribution in [0.4, 0.5) is 0 Å². The molecule has 0 aliphatic rings. The maximum Gasteiger partial charge on any atom is 0.362 e. The summed E-state index contributed by atoms with van der Waals surface area (Å²) in [6.07, 6.45) is 44.8. The van der Waals surface area contributed by atoms with Gasteiger partial charge in [-0.15, -0.1) is 0 Å². The average Bonchev–Trinajstić information content (AvgIpc) is 3.15. The first-order valence-corrected chi connectivity index (χ1v) is 23.0. The Hall–Kier alpha value is -2.45. The summed E-state index contributed by atoms with van der Waals surface area (Å²) in [6, 6.07) is -0.614. The van der Waals surface area contributed by atoms with Gasteiger partial charge in [-0.2, -0.15) is 0 Å². The number of hydrogen-bond donors (Lipinski definition) is 1. The van der Waals surface area contributed by atoms with Crippen molar-refractivity contribution >= 4 is 17.9 Å². The number of esters is 2. The number of carbonyl (C=O) groups excluding carboxylic acids is 2. The quantitative estimate of drug-likeness (QED) is 0.0285. The molecule has 0 fully saturated rings. The van der Waals surface area contributed by atoms with E-state index in [0.29, 0.717) is 19.3 Å². The summed E-state index contributed by atoms with van der Waals surface area (Å²) in [6.45, 7) is 4.60. The second-order valence-electron chi connectivity index (χ2n) is 16.6.